The van der Waals surface area contributed by atoms with Gasteiger partial charge in [0.25, 0.3) is 0 Å². The number of nitrogens with one attached hydrogen (secondary N) is 1. The number of carbonyl (C=O) groups excluding carboxylic acids is 1. The van der Waals surface area contributed by atoms with Gasteiger partial charge in [0, 0.05) is 32.4 Å². The summed E-state index contributed by atoms with van der Waals surface area (Å²) in [5.41, 5.74) is 2.49. The Bertz CT molecular complexity index is 1050. The van der Waals surface area contributed by atoms with Crippen molar-refractivity contribution in [2.75, 3.05) is 18.0 Å². The molecule has 1 amide bonds. The van der Waals surface area contributed by atoms with Crippen LogP contribution in [0.5, 0.6) is 0 Å². The van der Waals surface area contributed by atoms with Crippen molar-refractivity contribution in [3.8, 4) is 0 Å². The molecule has 1 saturated heterocycles. The van der Waals surface area contributed by atoms with E-state index in [1.807, 2.05) is 43.3 Å². The Morgan fingerprint density at radius 1 is 1.11 bits per heavy atom. The van der Waals surface area contributed by atoms with Gasteiger partial charge >= 0.3 is 5.69 Å². The highest BCUT2D eigenvalue weighted by Crippen LogP contribution is 2.18. The lowest BCUT2D eigenvalue weighted by Crippen LogP contribution is -2.32. The van der Waals surface area contributed by atoms with Crippen molar-refractivity contribution >= 4 is 22.8 Å². The quantitative estimate of drug-likeness (QED) is 0.712. The Hall–Kier alpha value is -3.09. The summed E-state index contributed by atoms with van der Waals surface area (Å²) in [5.74, 6) is 0.784. The minimum atomic E-state index is -0.180. The normalized spacial score (nSPS) is 14.0. The molecule has 0 spiro atoms. The maximum atomic E-state index is 12.7. The van der Waals surface area contributed by atoms with Crippen molar-refractivity contribution in [1.29, 1.82) is 0 Å². The smallest absolute Gasteiger partial charge is 0.329 e. The predicted molar refractivity (Wildman–Crippen MR) is 109 cm³/mol. The number of imidazole rings is 1. The molecule has 28 heavy (non-hydrogen) atoms. The third kappa shape index (κ3) is 3.52. The Balaban J connectivity index is 1.46. The van der Waals surface area contributed by atoms with Crippen LogP contribution in [0.4, 0.5) is 5.82 Å². The summed E-state index contributed by atoms with van der Waals surface area (Å²) >= 11 is 0. The highest BCUT2D eigenvalue weighted by molar-refractivity contribution is 5.81. The number of fused-ring (bicyclic) bond motifs is 1. The van der Waals surface area contributed by atoms with E-state index in [9.17, 15) is 9.59 Å². The van der Waals surface area contributed by atoms with Crippen LogP contribution in [0, 0.1) is 0 Å². The van der Waals surface area contributed by atoms with Gasteiger partial charge in [0.2, 0.25) is 5.91 Å². The van der Waals surface area contributed by atoms with Crippen LogP contribution in [0.3, 0.4) is 0 Å². The Labute approximate surface area is 163 Å². The number of hydrogen-bond donors (Lipinski definition) is 1. The van der Waals surface area contributed by atoms with Gasteiger partial charge in [0.15, 0.2) is 0 Å². The molecule has 1 aromatic carbocycles. The lowest BCUT2D eigenvalue weighted by atomic mass is 10.2. The van der Waals surface area contributed by atoms with E-state index in [1.54, 1.807) is 10.8 Å². The molecule has 7 heteroatoms. The molecule has 1 aliphatic heterocycles. The van der Waals surface area contributed by atoms with Gasteiger partial charge in [-0.25, -0.2) is 9.78 Å². The zero-order valence-corrected chi connectivity index (χ0v) is 16.1. The van der Waals surface area contributed by atoms with Crippen LogP contribution in [0.15, 0.2) is 47.4 Å². The van der Waals surface area contributed by atoms with Crippen molar-refractivity contribution in [2.45, 2.75) is 39.4 Å². The molecule has 0 unspecified atom stereocenters. The molecule has 146 valence electrons. The second-order valence-electron chi connectivity index (χ2n) is 7.09. The average Bonchev–Trinajstić information content (AvgIpc) is 3.34. The number of para-hydroxylation sites is 2. The Morgan fingerprint density at radius 3 is 2.54 bits per heavy atom. The highest BCUT2D eigenvalue weighted by Gasteiger charge is 2.15. The van der Waals surface area contributed by atoms with E-state index in [0.29, 0.717) is 13.1 Å². The number of pyridine rings is 1. The zero-order valence-electron chi connectivity index (χ0n) is 16.1. The summed E-state index contributed by atoms with van der Waals surface area (Å²) in [6, 6.07) is 11.5. The first kappa shape index (κ1) is 18.3. The number of benzene rings is 1. The molecule has 7 nitrogen and oxygen atoms in total. The van der Waals surface area contributed by atoms with Gasteiger partial charge in [-0.3, -0.25) is 13.9 Å². The van der Waals surface area contributed by atoms with Gasteiger partial charge < -0.3 is 10.2 Å². The molecule has 0 aliphatic carbocycles. The molecule has 4 rings (SSSR count). The monoisotopic (exact) mass is 379 g/mol. The number of nitrogens with zero attached hydrogens (tertiary/aromatic N) is 4. The summed E-state index contributed by atoms with van der Waals surface area (Å²) < 4.78 is 3.23. The summed E-state index contributed by atoms with van der Waals surface area (Å²) in [6.07, 6.45) is 4.18. The molecular weight excluding hydrogens is 354 g/mol. The zero-order chi connectivity index (χ0) is 19.5. The van der Waals surface area contributed by atoms with Crippen molar-refractivity contribution < 1.29 is 4.79 Å². The molecule has 3 aromatic rings. The molecule has 0 bridgehead atoms. The summed E-state index contributed by atoms with van der Waals surface area (Å²) in [6.45, 7) is 5.00. The van der Waals surface area contributed by atoms with Gasteiger partial charge in [0.1, 0.15) is 12.4 Å². The summed E-state index contributed by atoms with van der Waals surface area (Å²) in [7, 11) is 0. The van der Waals surface area contributed by atoms with Crippen LogP contribution in [0.2, 0.25) is 0 Å². The summed E-state index contributed by atoms with van der Waals surface area (Å²) in [4.78, 5) is 31.9. The predicted octanol–water partition coefficient (Wildman–Crippen LogP) is 2.13. The van der Waals surface area contributed by atoms with E-state index >= 15 is 0 Å². The number of aryl methyl sites for hydroxylation is 1. The maximum Gasteiger partial charge on any atom is 0.329 e. The molecule has 2 aromatic heterocycles. The van der Waals surface area contributed by atoms with Crippen molar-refractivity contribution in [1.82, 2.24) is 19.4 Å². The number of anilines is 1. The van der Waals surface area contributed by atoms with Crippen LogP contribution in [-0.2, 0) is 24.4 Å². The molecule has 1 N–H and O–H groups in total. The molecule has 0 radical (unpaired) electrons. The molecule has 0 atom stereocenters. The van der Waals surface area contributed by atoms with Gasteiger partial charge in [-0.1, -0.05) is 12.1 Å². The minimum Gasteiger partial charge on any atom is -0.357 e. The number of aromatic nitrogens is 3. The van der Waals surface area contributed by atoms with E-state index in [-0.39, 0.29) is 18.1 Å². The fraction of sp³-hybridized carbons (Fsp3) is 0.381. The first-order valence-electron chi connectivity index (χ1n) is 9.82. The molecule has 1 aliphatic rings. The Kier molecular flexibility index (Phi) is 5.14. The van der Waals surface area contributed by atoms with Crippen molar-refractivity contribution in [3.05, 3.63) is 58.6 Å². The molecule has 1 fully saturated rings. The van der Waals surface area contributed by atoms with E-state index in [4.69, 9.17) is 0 Å². The van der Waals surface area contributed by atoms with Crippen LogP contribution >= 0.6 is 0 Å². The van der Waals surface area contributed by atoms with Gasteiger partial charge in [0.05, 0.1) is 11.0 Å². The largest absolute Gasteiger partial charge is 0.357 e. The van der Waals surface area contributed by atoms with Crippen LogP contribution in [0.25, 0.3) is 11.0 Å². The fourth-order valence-electron chi connectivity index (χ4n) is 3.82. The topological polar surface area (TPSA) is 72.2 Å². The lowest BCUT2D eigenvalue weighted by Gasteiger charge is -2.17. The van der Waals surface area contributed by atoms with Gasteiger partial charge in [-0.15, -0.1) is 0 Å². The third-order valence-corrected chi connectivity index (χ3v) is 5.27. The van der Waals surface area contributed by atoms with Gasteiger partial charge in [-0.05, 0) is 49.6 Å². The van der Waals surface area contributed by atoms with Crippen LogP contribution < -0.4 is 15.9 Å². The standard InChI is InChI=1S/C21H25N5O2/c1-2-25-17-7-3-4-8-18(17)26(21(25)28)15-20(27)23-14-16-9-10-22-19(13-16)24-11-5-6-12-24/h3-4,7-10,13H,2,5-6,11-12,14-15H2,1H3,(H,23,27). The first-order valence-corrected chi connectivity index (χ1v) is 9.82. The first-order chi connectivity index (χ1) is 13.7. The molecule has 3 heterocycles. The second kappa shape index (κ2) is 7.88. The van der Waals surface area contributed by atoms with Crippen LogP contribution in [0.1, 0.15) is 25.3 Å². The Morgan fingerprint density at radius 2 is 1.82 bits per heavy atom. The van der Waals surface area contributed by atoms with E-state index in [1.165, 1.54) is 17.4 Å². The highest BCUT2D eigenvalue weighted by atomic mass is 16.2. The molecule has 0 saturated carbocycles. The third-order valence-electron chi connectivity index (χ3n) is 5.27. The fourth-order valence-corrected chi connectivity index (χ4v) is 3.82. The lowest BCUT2D eigenvalue weighted by molar-refractivity contribution is -0.121. The van der Waals surface area contributed by atoms with E-state index < -0.39 is 0 Å². The number of hydrogen-bond acceptors (Lipinski definition) is 4. The minimum absolute atomic E-state index is 0.0103. The second-order valence-corrected chi connectivity index (χ2v) is 7.09. The van der Waals surface area contributed by atoms with E-state index in [2.05, 4.69) is 15.2 Å². The number of amides is 1. The van der Waals surface area contributed by atoms with Crippen LogP contribution in [-0.4, -0.2) is 33.1 Å². The van der Waals surface area contributed by atoms with Gasteiger partial charge in [-0.2, -0.15) is 0 Å². The van der Waals surface area contributed by atoms with E-state index in [0.717, 1.165) is 35.5 Å². The molecular formula is C21H25N5O2. The summed E-state index contributed by atoms with van der Waals surface area (Å²) in [5, 5.41) is 2.93. The SMILES string of the molecule is CCn1c(=O)n(CC(=O)NCc2ccnc(N3CCCC3)c2)c2ccccc21. The maximum absolute atomic E-state index is 12.7. The number of carbonyl (C=O) groups is 1. The van der Waals surface area contributed by atoms with Crippen molar-refractivity contribution in [3.63, 3.8) is 0 Å². The van der Waals surface area contributed by atoms with Crippen molar-refractivity contribution in [2.24, 2.45) is 0 Å². The average molecular weight is 379 g/mol. The number of rotatable bonds is 6.